The fourth-order valence-electron chi connectivity index (χ4n) is 3.40. The van der Waals surface area contributed by atoms with E-state index < -0.39 is 0 Å². The van der Waals surface area contributed by atoms with Gasteiger partial charge in [-0.3, -0.25) is 9.59 Å². The van der Waals surface area contributed by atoms with Crippen molar-refractivity contribution in [3.63, 3.8) is 0 Å². The Morgan fingerprint density at radius 1 is 0.966 bits per heavy atom. The molecular formula is C24H22N2O3. The van der Waals surface area contributed by atoms with Crippen LogP contribution in [0.4, 0.5) is 11.4 Å². The third kappa shape index (κ3) is 3.59. The minimum atomic E-state index is -0.234. The summed E-state index contributed by atoms with van der Waals surface area (Å²) in [5, 5.41) is 2.91. The van der Waals surface area contributed by atoms with Crippen LogP contribution in [0, 0.1) is 0 Å². The first-order chi connectivity index (χ1) is 14.1. The van der Waals surface area contributed by atoms with Crippen molar-refractivity contribution in [2.24, 2.45) is 0 Å². The molecule has 3 aromatic carbocycles. The summed E-state index contributed by atoms with van der Waals surface area (Å²) in [7, 11) is 0. The zero-order chi connectivity index (χ0) is 20.4. The Labute approximate surface area is 169 Å². The number of para-hydroxylation sites is 1. The van der Waals surface area contributed by atoms with Crippen LogP contribution in [0.3, 0.4) is 0 Å². The maximum Gasteiger partial charge on any atom is 0.262 e. The molecule has 1 N–H and O–H groups in total. The Bertz CT molecular complexity index is 1070. The van der Waals surface area contributed by atoms with Crippen molar-refractivity contribution in [3.05, 3.63) is 83.4 Å². The molecule has 0 saturated carbocycles. The summed E-state index contributed by atoms with van der Waals surface area (Å²) in [5.41, 5.74) is 3.50. The topological polar surface area (TPSA) is 58.6 Å². The molecule has 0 aromatic heterocycles. The van der Waals surface area contributed by atoms with Gasteiger partial charge in [0.25, 0.3) is 11.8 Å². The first kappa shape index (κ1) is 18.7. The zero-order valence-electron chi connectivity index (χ0n) is 16.4. The van der Waals surface area contributed by atoms with Gasteiger partial charge in [-0.2, -0.15) is 0 Å². The molecule has 0 atom stereocenters. The van der Waals surface area contributed by atoms with Gasteiger partial charge in [-0.25, -0.2) is 0 Å². The van der Waals surface area contributed by atoms with Crippen LogP contribution in [0.5, 0.6) is 11.5 Å². The minimum absolute atomic E-state index is 0.144. The molecule has 1 heterocycles. The lowest BCUT2D eigenvalue weighted by Crippen LogP contribution is -2.30. The van der Waals surface area contributed by atoms with Crippen molar-refractivity contribution in [3.8, 4) is 11.5 Å². The number of carbonyl (C=O) groups is 2. The number of hydrogen-bond acceptors (Lipinski definition) is 3. The average Bonchev–Trinajstić information content (AvgIpc) is 2.87. The van der Waals surface area contributed by atoms with Crippen LogP contribution in [0.25, 0.3) is 0 Å². The number of fused-ring (bicyclic) bond motifs is 2. The number of hydrogen-bond donors (Lipinski definition) is 1. The summed E-state index contributed by atoms with van der Waals surface area (Å²) in [4.78, 5) is 27.4. The van der Waals surface area contributed by atoms with Gasteiger partial charge in [0.15, 0.2) is 5.75 Å². The van der Waals surface area contributed by atoms with Crippen molar-refractivity contribution < 1.29 is 14.3 Å². The normalized spacial score (nSPS) is 12.5. The lowest BCUT2D eigenvalue weighted by Gasteiger charge is -2.20. The first-order valence-corrected chi connectivity index (χ1v) is 9.73. The second-order valence-corrected chi connectivity index (χ2v) is 6.83. The monoisotopic (exact) mass is 386 g/mol. The Morgan fingerprint density at radius 3 is 2.45 bits per heavy atom. The third-order valence-electron chi connectivity index (χ3n) is 5.03. The van der Waals surface area contributed by atoms with Crippen LogP contribution in [0.15, 0.2) is 66.7 Å². The van der Waals surface area contributed by atoms with E-state index in [0.29, 0.717) is 34.9 Å². The molecule has 0 unspecified atom stereocenters. The van der Waals surface area contributed by atoms with Crippen LogP contribution in [-0.4, -0.2) is 18.4 Å². The molecule has 0 aliphatic carbocycles. The van der Waals surface area contributed by atoms with Crippen molar-refractivity contribution in [2.75, 3.05) is 16.8 Å². The maximum absolute atomic E-state index is 13.0. The third-order valence-corrected chi connectivity index (χ3v) is 5.03. The molecular weight excluding hydrogens is 364 g/mol. The highest BCUT2D eigenvalue weighted by Gasteiger charge is 2.27. The number of benzene rings is 3. The van der Waals surface area contributed by atoms with Crippen molar-refractivity contribution in [2.45, 2.75) is 20.3 Å². The second kappa shape index (κ2) is 7.80. The zero-order valence-corrected chi connectivity index (χ0v) is 16.4. The Kier molecular flexibility index (Phi) is 5.04. The molecule has 29 heavy (non-hydrogen) atoms. The van der Waals surface area contributed by atoms with E-state index in [4.69, 9.17) is 4.74 Å². The highest BCUT2D eigenvalue weighted by atomic mass is 16.5. The Hall–Kier alpha value is -3.60. The summed E-state index contributed by atoms with van der Waals surface area (Å²) in [6, 6.07) is 20.1. The fraction of sp³-hybridized carbons (Fsp3) is 0.167. The molecule has 2 amide bonds. The van der Waals surface area contributed by atoms with Gasteiger partial charge in [-0.05, 0) is 61.4 Å². The van der Waals surface area contributed by atoms with Crippen molar-refractivity contribution in [1.29, 1.82) is 0 Å². The molecule has 1 aliphatic rings. The lowest BCUT2D eigenvalue weighted by molar-refractivity contribution is 0.0985. The van der Waals surface area contributed by atoms with Gasteiger partial charge in [0.1, 0.15) is 5.75 Å². The van der Waals surface area contributed by atoms with E-state index in [0.717, 1.165) is 12.1 Å². The number of amides is 2. The van der Waals surface area contributed by atoms with Gasteiger partial charge in [0.05, 0.1) is 11.3 Å². The predicted octanol–water partition coefficient (Wildman–Crippen LogP) is 5.27. The average molecular weight is 386 g/mol. The highest BCUT2D eigenvalue weighted by molar-refractivity contribution is 6.11. The lowest BCUT2D eigenvalue weighted by atomic mass is 10.1. The number of ether oxygens (including phenoxy) is 1. The molecule has 146 valence electrons. The first-order valence-electron chi connectivity index (χ1n) is 9.73. The van der Waals surface area contributed by atoms with Crippen LogP contribution >= 0.6 is 0 Å². The molecule has 0 saturated heterocycles. The number of carbonyl (C=O) groups excluding carboxylic acids is 2. The van der Waals surface area contributed by atoms with Gasteiger partial charge >= 0.3 is 0 Å². The van der Waals surface area contributed by atoms with E-state index in [1.165, 1.54) is 5.56 Å². The van der Waals surface area contributed by atoms with E-state index in [-0.39, 0.29) is 11.8 Å². The van der Waals surface area contributed by atoms with E-state index >= 15 is 0 Å². The molecule has 4 rings (SSSR count). The fourth-order valence-corrected chi connectivity index (χ4v) is 3.40. The molecule has 1 aliphatic heterocycles. The molecule has 5 heteroatoms. The summed E-state index contributed by atoms with van der Waals surface area (Å²) in [6.07, 6.45) is 0.947. The predicted molar refractivity (Wildman–Crippen MR) is 114 cm³/mol. The standard InChI is InChI=1S/C24H22N2O3/c1-3-16-9-12-18(13-10-16)25-23(27)17-11-14-22-20(15-17)26(4-2)24(28)19-7-5-6-8-21(19)29-22/h5-15H,3-4H2,1-2H3,(H,25,27). The van der Waals surface area contributed by atoms with Crippen molar-refractivity contribution >= 4 is 23.2 Å². The summed E-state index contributed by atoms with van der Waals surface area (Å²) in [6.45, 7) is 4.45. The van der Waals surface area contributed by atoms with Gasteiger partial charge < -0.3 is 15.0 Å². The quantitative estimate of drug-likeness (QED) is 0.664. The maximum atomic E-state index is 13.0. The Morgan fingerprint density at radius 2 is 1.72 bits per heavy atom. The smallest absolute Gasteiger partial charge is 0.262 e. The molecule has 0 radical (unpaired) electrons. The van der Waals surface area contributed by atoms with Gasteiger partial charge in [-0.1, -0.05) is 31.2 Å². The van der Waals surface area contributed by atoms with E-state index in [2.05, 4.69) is 12.2 Å². The van der Waals surface area contributed by atoms with E-state index in [1.807, 2.05) is 43.3 Å². The van der Waals surface area contributed by atoms with Gasteiger partial charge in [-0.15, -0.1) is 0 Å². The summed E-state index contributed by atoms with van der Waals surface area (Å²) < 4.78 is 5.99. The van der Waals surface area contributed by atoms with Gasteiger partial charge in [0, 0.05) is 17.8 Å². The molecule has 5 nitrogen and oxygen atoms in total. The Balaban J connectivity index is 1.66. The van der Waals surface area contributed by atoms with Gasteiger partial charge in [0.2, 0.25) is 0 Å². The van der Waals surface area contributed by atoms with Crippen LogP contribution in [-0.2, 0) is 6.42 Å². The largest absolute Gasteiger partial charge is 0.454 e. The number of aryl methyl sites for hydroxylation is 1. The molecule has 0 fully saturated rings. The minimum Gasteiger partial charge on any atom is -0.454 e. The van der Waals surface area contributed by atoms with Crippen LogP contribution in [0.2, 0.25) is 0 Å². The number of nitrogens with one attached hydrogen (secondary N) is 1. The van der Waals surface area contributed by atoms with Crippen molar-refractivity contribution in [1.82, 2.24) is 0 Å². The van der Waals surface area contributed by atoms with E-state index in [9.17, 15) is 9.59 Å². The SMILES string of the molecule is CCc1ccc(NC(=O)c2ccc3c(c2)N(CC)C(=O)c2ccccc2O3)cc1. The summed E-state index contributed by atoms with van der Waals surface area (Å²) >= 11 is 0. The van der Waals surface area contributed by atoms with E-state index in [1.54, 1.807) is 35.2 Å². The highest BCUT2D eigenvalue weighted by Crippen LogP contribution is 2.39. The molecule has 0 bridgehead atoms. The molecule has 0 spiro atoms. The number of rotatable bonds is 4. The number of anilines is 2. The molecule has 3 aromatic rings. The second-order valence-electron chi connectivity index (χ2n) is 6.83. The van der Waals surface area contributed by atoms with Crippen LogP contribution in [0.1, 0.15) is 40.1 Å². The summed E-state index contributed by atoms with van der Waals surface area (Å²) in [5.74, 6) is 0.689. The number of nitrogens with zero attached hydrogens (tertiary/aromatic N) is 1. The van der Waals surface area contributed by atoms with Crippen LogP contribution < -0.4 is 15.0 Å².